The maximum atomic E-state index is 11.2. The van der Waals surface area contributed by atoms with Crippen LogP contribution in [-0.2, 0) is 9.59 Å². The molecule has 0 aliphatic carbocycles. The van der Waals surface area contributed by atoms with Crippen molar-refractivity contribution < 1.29 is 9.59 Å². The Bertz CT molecular complexity index is 206. The maximum absolute atomic E-state index is 11.2. The molecule has 0 saturated heterocycles. The lowest BCUT2D eigenvalue weighted by Gasteiger charge is -2.20. The van der Waals surface area contributed by atoms with E-state index < -0.39 is 11.9 Å². The van der Waals surface area contributed by atoms with E-state index in [1.54, 1.807) is 0 Å². The van der Waals surface area contributed by atoms with Gasteiger partial charge in [-0.2, -0.15) is 0 Å². The van der Waals surface area contributed by atoms with Gasteiger partial charge in [-0.25, -0.2) is 0 Å². The SMILES string of the molecule is CCC(C)C(NC(=O)CCN)C(N)=O. The van der Waals surface area contributed by atoms with Gasteiger partial charge in [0.1, 0.15) is 6.04 Å². The third kappa shape index (κ3) is 4.23. The van der Waals surface area contributed by atoms with Crippen LogP contribution in [0.1, 0.15) is 26.7 Å². The van der Waals surface area contributed by atoms with E-state index in [0.29, 0.717) is 0 Å². The highest BCUT2D eigenvalue weighted by molar-refractivity contribution is 5.86. The summed E-state index contributed by atoms with van der Waals surface area (Å²) in [4.78, 5) is 22.2. The highest BCUT2D eigenvalue weighted by Crippen LogP contribution is 2.07. The van der Waals surface area contributed by atoms with Crippen LogP contribution in [0.2, 0.25) is 0 Å². The monoisotopic (exact) mass is 201 g/mol. The third-order valence-electron chi connectivity index (χ3n) is 2.21. The zero-order valence-electron chi connectivity index (χ0n) is 8.75. The van der Waals surface area contributed by atoms with Crippen LogP contribution in [0, 0.1) is 5.92 Å². The normalized spacial score (nSPS) is 14.5. The number of nitrogens with two attached hydrogens (primary N) is 2. The summed E-state index contributed by atoms with van der Waals surface area (Å²) in [5.74, 6) is -0.671. The van der Waals surface area contributed by atoms with Crippen LogP contribution in [0.4, 0.5) is 0 Å². The Morgan fingerprint density at radius 3 is 2.36 bits per heavy atom. The smallest absolute Gasteiger partial charge is 0.240 e. The molecule has 2 amide bonds. The van der Waals surface area contributed by atoms with E-state index in [4.69, 9.17) is 11.5 Å². The number of carbonyl (C=O) groups excluding carboxylic acids is 2. The minimum absolute atomic E-state index is 0.0502. The summed E-state index contributed by atoms with van der Waals surface area (Å²) in [5, 5.41) is 2.57. The molecule has 0 aromatic carbocycles. The fraction of sp³-hybridized carbons (Fsp3) is 0.778. The molecule has 0 heterocycles. The molecule has 0 spiro atoms. The van der Waals surface area contributed by atoms with Crippen molar-refractivity contribution in [3.05, 3.63) is 0 Å². The summed E-state index contributed by atoms with van der Waals surface area (Å²) in [6, 6.07) is -0.584. The third-order valence-corrected chi connectivity index (χ3v) is 2.21. The zero-order valence-corrected chi connectivity index (χ0v) is 8.75. The lowest BCUT2D eigenvalue weighted by Crippen LogP contribution is -2.48. The van der Waals surface area contributed by atoms with E-state index in [1.807, 2.05) is 13.8 Å². The Labute approximate surface area is 84.2 Å². The van der Waals surface area contributed by atoms with Gasteiger partial charge in [0.25, 0.3) is 0 Å². The van der Waals surface area contributed by atoms with Crippen molar-refractivity contribution in [3.8, 4) is 0 Å². The van der Waals surface area contributed by atoms with E-state index >= 15 is 0 Å². The number of rotatable bonds is 6. The molecule has 0 saturated carbocycles. The largest absolute Gasteiger partial charge is 0.368 e. The predicted molar refractivity (Wildman–Crippen MR) is 54.3 cm³/mol. The molecule has 0 bridgehead atoms. The number of hydrogen-bond donors (Lipinski definition) is 3. The number of nitrogens with one attached hydrogen (secondary N) is 1. The van der Waals surface area contributed by atoms with Gasteiger partial charge in [-0.05, 0) is 5.92 Å². The number of amides is 2. The van der Waals surface area contributed by atoms with Gasteiger partial charge in [-0.1, -0.05) is 20.3 Å². The van der Waals surface area contributed by atoms with E-state index in [2.05, 4.69) is 5.32 Å². The predicted octanol–water partition coefficient (Wildman–Crippen LogP) is -0.649. The molecular weight excluding hydrogens is 182 g/mol. The van der Waals surface area contributed by atoms with Crippen LogP contribution >= 0.6 is 0 Å². The molecule has 2 atom stereocenters. The van der Waals surface area contributed by atoms with Gasteiger partial charge in [0.2, 0.25) is 11.8 Å². The molecule has 5 nitrogen and oxygen atoms in total. The van der Waals surface area contributed by atoms with Gasteiger partial charge < -0.3 is 16.8 Å². The highest BCUT2D eigenvalue weighted by Gasteiger charge is 2.22. The van der Waals surface area contributed by atoms with Gasteiger partial charge >= 0.3 is 0 Å². The minimum Gasteiger partial charge on any atom is -0.368 e. The first-order chi connectivity index (χ1) is 6.52. The standard InChI is InChI=1S/C9H19N3O2/c1-3-6(2)8(9(11)14)12-7(13)4-5-10/h6,8H,3-5,10H2,1-2H3,(H2,11,14)(H,12,13). The van der Waals surface area contributed by atoms with Crippen LogP contribution in [0.3, 0.4) is 0 Å². The van der Waals surface area contributed by atoms with E-state index in [9.17, 15) is 9.59 Å². The van der Waals surface area contributed by atoms with E-state index in [0.717, 1.165) is 6.42 Å². The lowest BCUT2D eigenvalue weighted by atomic mass is 9.98. The first-order valence-corrected chi connectivity index (χ1v) is 4.81. The van der Waals surface area contributed by atoms with Crippen molar-refractivity contribution in [2.75, 3.05) is 6.54 Å². The van der Waals surface area contributed by atoms with Crippen molar-refractivity contribution in [3.63, 3.8) is 0 Å². The fourth-order valence-corrected chi connectivity index (χ4v) is 1.11. The molecule has 0 aromatic rings. The molecule has 5 N–H and O–H groups in total. The highest BCUT2D eigenvalue weighted by atomic mass is 16.2. The second-order valence-corrected chi connectivity index (χ2v) is 3.37. The molecule has 2 unspecified atom stereocenters. The van der Waals surface area contributed by atoms with Gasteiger partial charge in [0, 0.05) is 13.0 Å². The molecule has 0 fully saturated rings. The molecule has 0 aliphatic rings. The van der Waals surface area contributed by atoms with Crippen LogP contribution in [0.5, 0.6) is 0 Å². The van der Waals surface area contributed by atoms with Crippen molar-refractivity contribution in [2.45, 2.75) is 32.7 Å². The Hall–Kier alpha value is -1.10. The average molecular weight is 201 g/mol. The summed E-state index contributed by atoms with van der Waals surface area (Å²) in [5.41, 5.74) is 10.4. The van der Waals surface area contributed by atoms with Gasteiger partial charge in [0.05, 0.1) is 0 Å². The van der Waals surface area contributed by atoms with Gasteiger partial charge in [-0.15, -0.1) is 0 Å². The van der Waals surface area contributed by atoms with Gasteiger partial charge in [0.15, 0.2) is 0 Å². The number of primary amides is 1. The molecule has 0 radical (unpaired) electrons. The molecule has 5 heteroatoms. The van der Waals surface area contributed by atoms with Crippen LogP contribution in [-0.4, -0.2) is 24.4 Å². The zero-order chi connectivity index (χ0) is 11.1. The quantitative estimate of drug-likeness (QED) is 0.532. The molecule has 14 heavy (non-hydrogen) atoms. The Kier molecular flexibility index (Phi) is 5.87. The number of hydrogen-bond acceptors (Lipinski definition) is 3. The molecule has 82 valence electrons. The summed E-state index contributed by atoms with van der Waals surface area (Å²) < 4.78 is 0. The molecule has 0 aromatic heterocycles. The van der Waals surface area contributed by atoms with Gasteiger partial charge in [-0.3, -0.25) is 9.59 Å². The Balaban J connectivity index is 4.23. The van der Waals surface area contributed by atoms with Crippen LogP contribution in [0.25, 0.3) is 0 Å². The first kappa shape index (κ1) is 12.9. The topological polar surface area (TPSA) is 98.2 Å². The lowest BCUT2D eigenvalue weighted by molar-refractivity contribution is -0.128. The minimum atomic E-state index is -0.584. The molecular formula is C9H19N3O2. The summed E-state index contributed by atoms with van der Waals surface area (Å²) in [7, 11) is 0. The molecule has 0 rings (SSSR count). The summed E-state index contributed by atoms with van der Waals surface area (Å²) in [6.07, 6.45) is 1.01. The van der Waals surface area contributed by atoms with E-state index in [-0.39, 0.29) is 24.8 Å². The molecule has 0 aliphatic heterocycles. The Morgan fingerprint density at radius 2 is 2.00 bits per heavy atom. The van der Waals surface area contributed by atoms with Crippen LogP contribution < -0.4 is 16.8 Å². The van der Waals surface area contributed by atoms with Crippen molar-refractivity contribution >= 4 is 11.8 Å². The first-order valence-electron chi connectivity index (χ1n) is 4.81. The van der Waals surface area contributed by atoms with Crippen molar-refractivity contribution in [1.29, 1.82) is 0 Å². The average Bonchev–Trinajstić information content (AvgIpc) is 2.13. The summed E-state index contributed by atoms with van der Waals surface area (Å²) in [6.45, 7) is 4.09. The maximum Gasteiger partial charge on any atom is 0.240 e. The second kappa shape index (κ2) is 6.37. The van der Waals surface area contributed by atoms with Crippen molar-refractivity contribution in [2.24, 2.45) is 17.4 Å². The van der Waals surface area contributed by atoms with Crippen LogP contribution in [0.15, 0.2) is 0 Å². The Morgan fingerprint density at radius 1 is 1.43 bits per heavy atom. The second-order valence-electron chi connectivity index (χ2n) is 3.37. The fourth-order valence-electron chi connectivity index (χ4n) is 1.11. The van der Waals surface area contributed by atoms with Crippen molar-refractivity contribution in [1.82, 2.24) is 5.32 Å². The summed E-state index contributed by atoms with van der Waals surface area (Å²) >= 11 is 0. The van der Waals surface area contributed by atoms with E-state index in [1.165, 1.54) is 0 Å². The number of carbonyl (C=O) groups is 2.